The number of carbonyl (C=O) groups is 1. The predicted octanol–water partition coefficient (Wildman–Crippen LogP) is 2.83. The zero-order valence-corrected chi connectivity index (χ0v) is 11.2. The molecule has 0 amide bonds. The molecule has 1 N–H and O–H groups in total. The number of hydrogen-bond acceptors (Lipinski definition) is 3. The molecule has 2 aromatic rings. The van der Waals surface area contributed by atoms with E-state index >= 15 is 0 Å². The maximum Gasteiger partial charge on any atom is 0.327 e. The van der Waals surface area contributed by atoms with Crippen molar-refractivity contribution in [3.63, 3.8) is 0 Å². The molecule has 0 spiro atoms. The standard InChI is InChI=1S/C16H16FNO2/c1-20-16(19)15(13-5-3-2-4-6-13)18-11-12-7-9-14(17)10-8-12/h2-10,15,18H,11H2,1H3. The molecule has 104 valence electrons. The second-order valence-electron chi connectivity index (χ2n) is 4.37. The first-order valence-corrected chi connectivity index (χ1v) is 6.31. The third-order valence-corrected chi connectivity index (χ3v) is 2.99. The van der Waals surface area contributed by atoms with Crippen LogP contribution in [0.15, 0.2) is 54.6 Å². The van der Waals surface area contributed by atoms with Gasteiger partial charge in [0.15, 0.2) is 0 Å². The van der Waals surface area contributed by atoms with Gasteiger partial charge in [-0.2, -0.15) is 0 Å². The predicted molar refractivity (Wildman–Crippen MR) is 74.4 cm³/mol. The van der Waals surface area contributed by atoms with Gasteiger partial charge in [0.1, 0.15) is 11.9 Å². The molecule has 0 aliphatic heterocycles. The number of methoxy groups -OCH3 is 1. The smallest absolute Gasteiger partial charge is 0.327 e. The van der Waals surface area contributed by atoms with E-state index in [1.54, 1.807) is 12.1 Å². The SMILES string of the molecule is COC(=O)C(NCc1ccc(F)cc1)c1ccccc1. The first kappa shape index (κ1) is 14.2. The maximum atomic E-state index is 12.8. The van der Waals surface area contributed by atoms with Crippen molar-refractivity contribution >= 4 is 5.97 Å². The largest absolute Gasteiger partial charge is 0.468 e. The van der Waals surface area contributed by atoms with Crippen LogP contribution in [0.3, 0.4) is 0 Å². The molecule has 0 aromatic heterocycles. The Labute approximate surface area is 117 Å². The third kappa shape index (κ3) is 3.65. The highest BCUT2D eigenvalue weighted by Gasteiger charge is 2.20. The average molecular weight is 273 g/mol. The Morgan fingerprint density at radius 1 is 1.15 bits per heavy atom. The number of nitrogens with one attached hydrogen (secondary N) is 1. The molecule has 2 aromatic carbocycles. The molecule has 4 heteroatoms. The minimum atomic E-state index is -0.536. The van der Waals surface area contributed by atoms with Crippen LogP contribution in [-0.2, 0) is 16.1 Å². The summed E-state index contributed by atoms with van der Waals surface area (Å²) in [5.41, 5.74) is 1.73. The van der Waals surface area contributed by atoms with Gasteiger partial charge < -0.3 is 4.74 Å². The molecular formula is C16H16FNO2. The van der Waals surface area contributed by atoms with Gasteiger partial charge in [0, 0.05) is 6.54 Å². The van der Waals surface area contributed by atoms with Crippen molar-refractivity contribution < 1.29 is 13.9 Å². The zero-order chi connectivity index (χ0) is 14.4. The van der Waals surface area contributed by atoms with Gasteiger partial charge in [0.2, 0.25) is 0 Å². The van der Waals surface area contributed by atoms with Crippen LogP contribution in [0.5, 0.6) is 0 Å². The monoisotopic (exact) mass is 273 g/mol. The highest BCUT2D eigenvalue weighted by molar-refractivity contribution is 5.77. The Bertz CT molecular complexity index is 554. The van der Waals surface area contributed by atoms with Gasteiger partial charge in [-0.25, -0.2) is 9.18 Å². The number of rotatable bonds is 5. The molecule has 0 radical (unpaired) electrons. The molecule has 0 saturated carbocycles. The molecule has 1 atom stereocenters. The molecular weight excluding hydrogens is 257 g/mol. The van der Waals surface area contributed by atoms with Gasteiger partial charge in [-0.05, 0) is 23.3 Å². The summed E-state index contributed by atoms with van der Waals surface area (Å²) in [5.74, 6) is -0.625. The molecule has 0 saturated heterocycles. The Kier molecular flexibility index (Phi) is 4.85. The Morgan fingerprint density at radius 2 is 1.80 bits per heavy atom. The summed E-state index contributed by atoms with van der Waals surface area (Å²) in [6.45, 7) is 0.453. The Balaban J connectivity index is 2.09. The number of halogens is 1. The number of hydrogen-bond donors (Lipinski definition) is 1. The van der Waals surface area contributed by atoms with Crippen LogP contribution in [0.25, 0.3) is 0 Å². The second kappa shape index (κ2) is 6.82. The highest BCUT2D eigenvalue weighted by Crippen LogP contribution is 2.15. The minimum absolute atomic E-state index is 0.277. The van der Waals surface area contributed by atoms with E-state index in [-0.39, 0.29) is 11.8 Å². The van der Waals surface area contributed by atoms with Crippen molar-refractivity contribution in [1.82, 2.24) is 5.32 Å². The molecule has 1 unspecified atom stereocenters. The normalized spacial score (nSPS) is 11.9. The number of esters is 1. The summed E-state index contributed by atoms with van der Waals surface area (Å²) in [6, 6.07) is 15.0. The van der Waals surface area contributed by atoms with E-state index < -0.39 is 6.04 Å². The maximum absolute atomic E-state index is 12.8. The van der Waals surface area contributed by atoms with E-state index in [1.807, 2.05) is 30.3 Å². The minimum Gasteiger partial charge on any atom is -0.468 e. The van der Waals surface area contributed by atoms with Gasteiger partial charge in [-0.15, -0.1) is 0 Å². The quantitative estimate of drug-likeness (QED) is 0.851. The van der Waals surface area contributed by atoms with Crippen LogP contribution in [0.4, 0.5) is 4.39 Å². The zero-order valence-electron chi connectivity index (χ0n) is 11.2. The van der Waals surface area contributed by atoms with Crippen LogP contribution in [0.2, 0.25) is 0 Å². The van der Waals surface area contributed by atoms with Gasteiger partial charge in [-0.1, -0.05) is 42.5 Å². The Morgan fingerprint density at radius 3 is 2.40 bits per heavy atom. The number of benzene rings is 2. The van der Waals surface area contributed by atoms with E-state index in [4.69, 9.17) is 4.74 Å². The average Bonchev–Trinajstić information content (AvgIpc) is 2.50. The van der Waals surface area contributed by atoms with Gasteiger partial charge in [0.05, 0.1) is 7.11 Å². The van der Waals surface area contributed by atoms with Crippen molar-refractivity contribution in [2.24, 2.45) is 0 Å². The van der Waals surface area contributed by atoms with Crippen molar-refractivity contribution in [3.05, 3.63) is 71.5 Å². The lowest BCUT2D eigenvalue weighted by molar-refractivity contribution is -0.143. The number of carbonyl (C=O) groups excluding carboxylic acids is 1. The second-order valence-corrected chi connectivity index (χ2v) is 4.37. The molecule has 0 heterocycles. The van der Waals surface area contributed by atoms with Crippen molar-refractivity contribution in [2.45, 2.75) is 12.6 Å². The summed E-state index contributed by atoms with van der Waals surface area (Å²) in [6.07, 6.45) is 0. The molecule has 20 heavy (non-hydrogen) atoms. The fourth-order valence-electron chi connectivity index (χ4n) is 1.92. The van der Waals surface area contributed by atoms with E-state index in [9.17, 15) is 9.18 Å². The summed E-state index contributed by atoms with van der Waals surface area (Å²) >= 11 is 0. The van der Waals surface area contributed by atoms with Crippen molar-refractivity contribution in [3.8, 4) is 0 Å². The van der Waals surface area contributed by atoms with Crippen LogP contribution in [0, 0.1) is 5.82 Å². The summed E-state index contributed by atoms with van der Waals surface area (Å²) in [4.78, 5) is 11.8. The molecule has 0 aliphatic carbocycles. The molecule has 0 fully saturated rings. The third-order valence-electron chi connectivity index (χ3n) is 2.99. The molecule has 3 nitrogen and oxygen atoms in total. The molecule has 0 bridgehead atoms. The Hall–Kier alpha value is -2.20. The van der Waals surface area contributed by atoms with Gasteiger partial charge in [-0.3, -0.25) is 5.32 Å². The fourth-order valence-corrected chi connectivity index (χ4v) is 1.92. The van der Waals surface area contributed by atoms with Gasteiger partial charge in [0.25, 0.3) is 0 Å². The number of ether oxygens (including phenoxy) is 1. The van der Waals surface area contributed by atoms with Crippen LogP contribution in [0.1, 0.15) is 17.2 Å². The fraction of sp³-hybridized carbons (Fsp3) is 0.188. The van der Waals surface area contributed by atoms with E-state index in [2.05, 4.69) is 5.32 Å². The highest BCUT2D eigenvalue weighted by atomic mass is 19.1. The van der Waals surface area contributed by atoms with Gasteiger partial charge >= 0.3 is 5.97 Å². The first-order chi connectivity index (χ1) is 9.70. The van der Waals surface area contributed by atoms with E-state index in [1.165, 1.54) is 19.2 Å². The van der Waals surface area contributed by atoms with Crippen LogP contribution in [-0.4, -0.2) is 13.1 Å². The van der Waals surface area contributed by atoms with Crippen molar-refractivity contribution in [2.75, 3.05) is 7.11 Å². The van der Waals surface area contributed by atoms with Crippen LogP contribution < -0.4 is 5.32 Å². The summed E-state index contributed by atoms with van der Waals surface area (Å²) in [5, 5.41) is 3.13. The van der Waals surface area contributed by atoms with E-state index in [0.29, 0.717) is 6.54 Å². The lowest BCUT2D eigenvalue weighted by Crippen LogP contribution is -2.29. The molecule has 2 rings (SSSR count). The topological polar surface area (TPSA) is 38.3 Å². The lowest BCUT2D eigenvalue weighted by atomic mass is 10.1. The lowest BCUT2D eigenvalue weighted by Gasteiger charge is -2.16. The first-order valence-electron chi connectivity index (χ1n) is 6.31. The molecule has 0 aliphatic rings. The summed E-state index contributed by atoms with van der Waals surface area (Å²) in [7, 11) is 1.36. The van der Waals surface area contributed by atoms with Crippen LogP contribution >= 0.6 is 0 Å². The summed E-state index contributed by atoms with van der Waals surface area (Å²) < 4.78 is 17.7. The van der Waals surface area contributed by atoms with E-state index in [0.717, 1.165) is 11.1 Å². The van der Waals surface area contributed by atoms with Crippen molar-refractivity contribution in [1.29, 1.82) is 0 Å².